The highest BCUT2D eigenvalue weighted by atomic mass is 32.1. The Labute approximate surface area is 129 Å². The molecule has 1 aliphatic rings. The Morgan fingerprint density at radius 2 is 2.24 bits per heavy atom. The van der Waals surface area contributed by atoms with E-state index < -0.39 is 0 Å². The predicted molar refractivity (Wildman–Crippen MR) is 86.8 cm³/mol. The average molecular weight is 302 g/mol. The fraction of sp³-hybridized carbons (Fsp3) is 0.312. The van der Waals surface area contributed by atoms with Crippen molar-refractivity contribution in [1.82, 2.24) is 0 Å². The molecule has 1 aromatic heterocycles. The van der Waals surface area contributed by atoms with Crippen LogP contribution in [0.1, 0.15) is 24.2 Å². The van der Waals surface area contributed by atoms with Gasteiger partial charge in [-0.2, -0.15) is 0 Å². The molecular weight excluding hydrogens is 284 g/mol. The van der Waals surface area contributed by atoms with Crippen molar-refractivity contribution in [2.24, 2.45) is 5.73 Å². The molecule has 4 nitrogen and oxygen atoms in total. The highest BCUT2D eigenvalue weighted by molar-refractivity contribution is 7.80. The van der Waals surface area contributed by atoms with Crippen molar-refractivity contribution in [3.05, 3.63) is 47.9 Å². The van der Waals surface area contributed by atoms with Gasteiger partial charge in [-0.3, -0.25) is 0 Å². The number of rotatable bonds is 6. The zero-order chi connectivity index (χ0) is 14.8. The predicted octanol–water partition coefficient (Wildman–Crippen LogP) is 3.09. The third-order valence-corrected chi connectivity index (χ3v) is 3.89. The normalized spacial score (nSPS) is 14.0. The van der Waals surface area contributed by atoms with Crippen LogP contribution in [0, 0.1) is 0 Å². The van der Waals surface area contributed by atoms with Crippen LogP contribution in [0.2, 0.25) is 0 Å². The molecule has 3 rings (SSSR count). The summed E-state index contributed by atoms with van der Waals surface area (Å²) >= 11 is 5.19. The zero-order valence-corrected chi connectivity index (χ0v) is 12.7. The lowest BCUT2D eigenvalue weighted by atomic mass is 10.1. The van der Waals surface area contributed by atoms with Gasteiger partial charge in [-0.25, -0.2) is 0 Å². The lowest BCUT2D eigenvalue weighted by molar-refractivity contribution is 0.414. The number of methoxy groups -OCH3 is 1. The first-order valence-corrected chi connectivity index (χ1v) is 7.36. The van der Waals surface area contributed by atoms with Gasteiger partial charge in [0.15, 0.2) is 0 Å². The molecule has 1 fully saturated rings. The van der Waals surface area contributed by atoms with E-state index in [1.165, 1.54) is 12.8 Å². The number of thiocarbonyl (C=S) groups is 1. The number of nitrogens with two attached hydrogens (primary N) is 1. The zero-order valence-electron chi connectivity index (χ0n) is 11.9. The molecule has 1 saturated carbocycles. The molecule has 0 unspecified atom stereocenters. The van der Waals surface area contributed by atoms with Gasteiger partial charge in [0.1, 0.15) is 16.5 Å². The molecule has 0 amide bonds. The molecule has 2 aromatic rings. The number of nitrogens with zero attached hydrogens (tertiary/aromatic N) is 1. The Bertz CT molecular complexity index is 636. The largest absolute Gasteiger partial charge is 0.497 e. The van der Waals surface area contributed by atoms with Crippen LogP contribution in [0.3, 0.4) is 0 Å². The molecule has 0 radical (unpaired) electrons. The van der Waals surface area contributed by atoms with Crippen LogP contribution in [-0.2, 0) is 6.54 Å². The fourth-order valence-electron chi connectivity index (χ4n) is 2.45. The summed E-state index contributed by atoms with van der Waals surface area (Å²) in [6.07, 6.45) is 4.05. The Hall–Kier alpha value is -2.01. The molecule has 21 heavy (non-hydrogen) atoms. The number of anilines is 1. The lowest BCUT2D eigenvalue weighted by Crippen LogP contribution is -2.27. The monoisotopic (exact) mass is 302 g/mol. The van der Waals surface area contributed by atoms with E-state index in [9.17, 15) is 0 Å². The van der Waals surface area contributed by atoms with Crippen molar-refractivity contribution < 1.29 is 9.15 Å². The van der Waals surface area contributed by atoms with Crippen LogP contribution >= 0.6 is 12.2 Å². The van der Waals surface area contributed by atoms with Gasteiger partial charge in [-0.05, 0) is 37.1 Å². The van der Waals surface area contributed by atoms with Gasteiger partial charge < -0.3 is 19.8 Å². The minimum absolute atomic E-state index is 0.401. The second kappa shape index (κ2) is 5.77. The smallest absolute Gasteiger partial charge is 0.123 e. The van der Waals surface area contributed by atoms with Gasteiger partial charge in [0.05, 0.1) is 25.6 Å². The summed E-state index contributed by atoms with van der Waals surface area (Å²) in [5, 5.41) is 0. The van der Waals surface area contributed by atoms with Crippen molar-refractivity contribution in [1.29, 1.82) is 0 Å². The first kappa shape index (κ1) is 13.9. The second-order valence-corrected chi connectivity index (χ2v) is 5.63. The number of ether oxygens (including phenoxy) is 1. The van der Waals surface area contributed by atoms with E-state index in [0.717, 1.165) is 22.8 Å². The Kier molecular flexibility index (Phi) is 3.84. The van der Waals surface area contributed by atoms with Gasteiger partial charge >= 0.3 is 0 Å². The maximum absolute atomic E-state index is 5.88. The molecule has 0 atom stereocenters. The Balaban J connectivity index is 1.99. The molecule has 2 N–H and O–H groups in total. The van der Waals surface area contributed by atoms with Gasteiger partial charge in [0.25, 0.3) is 0 Å². The van der Waals surface area contributed by atoms with Crippen LogP contribution in [0.5, 0.6) is 5.75 Å². The van der Waals surface area contributed by atoms with E-state index in [-0.39, 0.29) is 0 Å². The van der Waals surface area contributed by atoms with E-state index in [0.29, 0.717) is 17.6 Å². The Morgan fingerprint density at radius 1 is 1.43 bits per heavy atom. The molecule has 0 spiro atoms. The molecular formula is C16H18N2O2S. The van der Waals surface area contributed by atoms with Crippen molar-refractivity contribution in [2.75, 3.05) is 12.0 Å². The number of furan rings is 1. The van der Waals surface area contributed by atoms with Crippen LogP contribution in [0.15, 0.2) is 41.0 Å². The van der Waals surface area contributed by atoms with Gasteiger partial charge in [0.2, 0.25) is 0 Å². The topological polar surface area (TPSA) is 51.6 Å². The molecule has 1 aromatic carbocycles. The van der Waals surface area contributed by atoms with Gasteiger partial charge in [0, 0.05) is 17.7 Å². The minimum atomic E-state index is 0.401. The SMILES string of the molecule is COc1ccc(C(N)=S)c(N(Cc2ccco2)C2CC2)c1. The van der Waals surface area contributed by atoms with Crippen molar-refractivity contribution >= 4 is 22.9 Å². The lowest BCUT2D eigenvalue weighted by Gasteiger charge is -2.26. The minimum Gasteiger partial charge on any atom is -0.497 e. The van der Waals surface area contributed by atoms with Crippen LogP contribution in [0.4, 0.5) is 5.69 Å². The number of benzene rings is 1. The molecule has 110 valence electrons. The van der Waals surface area contributed by atoms with Gasteiger partial charge in [-0.15, -0.1) is 0 Å². The maximum atomic E-state index is 5.88. The first-order chi connectivity index (χ1) is 10.2. The fourth-order valence-corrected chi connectivity index (χ4v) is 2.62. The van der Waals surface area contributed by atoms with Crippen molar-refractivity contribution in [2.45, 2.75) is 25.4 Å². The molecule has 1 heterocycles. The molecule has 0 saturated heterocycles. The Morgan fingerprint density at radius 3 is 2.81 bits per heavy atom. The van der Waals surface area contributed by atoms with Crippen LogP contribution in [0.25, 0.3) is 0 Å². The highest BCUT2D eigenvalue weighted by Gasteiger charge is 2.31. The van der Waals surface area contributed by atoms with Gasteiger partial charge in [-0.1, -0.05) is 12.2 Å². The second-order valence-electron chi connectivity index (χ2n) is 5.19. The number of hydrogen-bond acceptors (Lipinski definition) is 4. The number of hydrogen-bond donors (Lipinski definition) is 1. The van der Waals surface area contributed by atoms with Crippen molar-refractivity contribution in [3.63, 3.8) is 0 Å². The first-order valence-electron chi connectivity index (χ1n) is 6.96. The summed E-state index contributed by atoms with van der Waals surface area (Å²) < 4.78 is 10.8. The summed E-state index contributed by atoms with van der Waals surface area (Å²) in [7, 11) is 1.66. The van der Waals surface area contributed by atoms with Crippen molar-refractivity contribution in [3.8, 4) is 5.75 Å². The maximum Gasteiger partial charge on any atom is 0.123 e. The standard InChI is InChI=1S/C16H18N2O2S/c1-19-12-6-7-14(16(17)21)15(9-12)18(11-4-5-11)10-13-3-2-8-20-13/h2-3,6-9,11H,4-5,10H2,1H3,(H2,17,21). The molecule has 0 aliphatic heterocycles. The third kappa shape index (κ3) is 3.03. The molecule has 5 heteroatoms. The summed E-state index contributed by atoms with van der Waals surface area (Å²) in [6, 6.07) is 10.2. The van der Waals surface area contributed by atoms with E-state index in [1.807, 2.05) is 30.3 Å². The highest BCUT2D eigenvalue weighted by Crippen LogP contribution is 2.36. The molecule has 1 aliphatic carbocycles. The summed E-state index contributed by atoms with van der Waals surface area (Å²) in [4.78, 5) is 2.70. The summed E-state index contributed by atoms with van der Waals surface area (Å²) in [6.45, 7) is 0.709. The summed E-state index contributed by atoms with van der Waals surface area (Å²) in [5.74, 6) is 1.73. The van der Waals surface area contributed by atoms with Crippen LogP contribution < -0.4 is 15.4 Å². The van der Waals surface area contributed by atoms with E-state index in [2.05, 4.69) is 4.90 Å². The quantitative estimate of drug-likeness (QED) is 0.831. The average Bonchev–Trinajstić information content (AvgIpc) is 3.20. The van der Waals surface area contributed by atoms with Crippen LogP contribution in [-0.4, -0.2) is 18.1 Å². The van der Waals surface area contributed by atoms with E-state index in [4.69, 9.17) is 27.1 Å². The van der Waals surface area contributed by atoms with E-state index >= 15 is 0 Å². The summed E-state index contributed by atoms with van der Waals surface area (Å²) in [5.41, 5.74) is 7.77. The molecule has 0 bridgehead atoms. The van der Waals surface area contributed by atoms with E-state index in [1.54, 1.807) is 13.4 Å². The third-order valence-electron chi connectivity index (χ3n) is 3.67.